The summed E-state index contributed by atoms with van der Waals surface area (Å²) in [6, 6.07) is 25.3. The first-order valence-corrected chi connectivity index (χ1v) is 16.0. The van der Waals surface area contributed by atoms with E-state index in [0.717, 1.165) is 11.1 Å². The van der Waals surface area contributed by atoms with Crippen molar-refractivity contribution >= 4 is 29.9 Å². The number of aliphatic hydroxyl groups excluding tert-OH is 1. The molecule has 11 heteroatoms. The van der Waals surface area contributed by atoms with E-state index in [1.807, 2.05) is 60.7 Å². The summed E-state index contributed by atoms with van der Waals surface area (Å²) >= 11 is 0. The molecular formula is C38H37NO10. The fourth-order valence-electron chi connectivity index (χ4n) is 6.10. The first-order valence-electron chi connectivity index (χ1n) is 16.0. The van der Waals surface area contributed by atoms with Gasteiger partial charge in [0.05, 0.1) is 12.2 Å². The summed E-state index contributed by atoms with van der Waals surface area (Å²) in [6.07, 6.45) is 0.903. The van der Waals surface area contributed by atoms with Crippen LogP contribution in [0.3, 0.4) is 0 Å². The van der Waals surface area contributed by atoms with Crippen molar-refractivity contribution in [2.75, 3.05) is 19.8 Å². The molecule has 3 aliphatic rings. The fraction of sp³-hybridized carbons (Fsp3) is 0.316. The predicted molar refractivity (Wildman–Crippen MR) is 176 cm³/mol. The highest BCUT2D eigenvalue weighted by molar-refractivity contribution is 5.94. The van der Waals surface area contributed by atoms with Crippen LogP contribution in [0.4, 0.5) is 0 Å². The number of cyclic esters (lactones) is 1. The Morgan fingerprint density at radius 2 is 1.63 bits per heavy atom. The number of carbonyl (C=O) groups excluding carboxylic acids is 4. The van der Waals surface area contributed by atoms with Crippen molar-refractivity contribution in [3.8, 4) is 0 Å². The Morgan fingerprint density at radius 3 is 2.27 bits per heavy atom. The smallest absolute Gasteiger partial charge is 0.348 e. The van der Waals surface area contributed by atoms with Crippen LogP contribution in [0.1, 0.15) is 47.3 Å². The van der Waals surface area contributed by atoms with Gasteiger partial charge in [0, 0.05) is 41.2 Å². The van der Waals surface area contributed by atoms with E-state index in [2.05, 4.69) is 5.32 Å². The second kappa shape index (κ2) is 14.2. The molecule has 0 radical (unpaired) electrons. The summed E-state index contributed by atoms with van der Waals surface area (Å²) in [7, 11) is 0. The number of aliphatic hydroxyl groups is 1. The van der Waals surface area contributed by atoms with Crippen LogP contribution >= 0.6 is 0 Å². The zero-order chi connectivity index (χ0) is 34.6. The lowest BCUT2D eigenvalue weighted by Crippen LogP contribution is -2.43. The molecule has 2 N–H and O–H groups in total. The number of ether oxygens (including phenoxy) is 5. The Bertz CT molecular complexity index is 1730. The van der Waals surface area contributed by atoms with E-state index < -0.39 is 59.4 Å². The van der Waals surface area contributed by atoms with Crippen LogP contribution in [-0.2, 0) is 43.9 Å². The van der Waals surface area contributed by atoms with Crippen molar-refractivity contribution in [3.63, 3.8) is 0 Å². The molecule has 2 heterocycles. The predicted octanol–water partition coefficient (Wildman–Crippen LogP) is 3.84. The zero-order valence-electron chi connectivity index (χ0n) is 27.1. The Balaban J connectivity index is 1.24. The Labute approximate surface area is 283 Å². The van der Waals surface area contributed by atoms with Gasteiger partial charge in [-0.05, 0) is 29.8 Å². The summed E-state index contributed by atoms with van der Waals surface area (Å²) in [4.78, 5) is 51.2. The maximum Gasteiger partial charge on any atom is 0.348 e. The molecule has 4 atom stereocenters. The Kier molecular flexibility index (Phi) is 9.77. The van der Waals surface area contributed by atoms with Crippen molar-refractivity contribution in [1.82, 2.24) is 5.32 Å². The molecule has 3 aromatic carbocycles. The van der Waals surface area contributed by atoms with Crippen molar-refractivity contribution in [2.24, 2.45) is 5.41 Å². The molecule has 3 aromatic rings. The van der Waals surface area contributed by atoms with Crippen LogP contribution in [0.25, 0.3) is 6.08 Å². The molecule has 0 spiro atoms. The summed E-state index contributed by atoms with van der Waals surface area (Å²) < 4.78 is 29.8. The number of hydrogen-bond acceptors (Lipinski definition) is 10. The average molecular weight is 668 g/mol. The van der Waals surface area contributed by atoms with Crippen LogP contribution in [0.5, 0.6) is 0 Å². The highest BCUT2D eigenvalue weighted by Crippen LogP contribution is 2.47. The zero-order valence-corrected chi connectivity index (χ0v) is 27.1. The standard InChI is InChI=1S/C38H37NO10/c1-37(2)23-45-36(44)33(37)47-31(41)17-16-24-10-9-11-25(20-24)35(43)46-29-21-26(34(42)39-18-19-40)22-30-32(29)49-38(48-30,27-12-5-3-6-13-27)28-14-7-4-8-15-28/h3-17,20,22,29-30,32-33,40H,18-19,21,23H2,1-2H3,(H,39,42). The van der Waals surface area contributed by atoms with Crippen molar-refractivity contribution in [2.45, 2.75) is 50.5 Å². The van der Waals surface area contributed by atoms with E-state index in [1.54, 1.807) is 44.2 Å². The van der Waals surface area contributed by atoms with Gasteiger partial charge in [-0.3, -0.25) is 4.79 Å². The van der Waals surface area contributed by atoms with Gasteiger partial charge in [-0.2, -0.15) is 0 Å². The highest BCUT2D eigenvalue weighted by Gasteiger charge is 2.55. The first-order chi connectivity index (χ1) is 23.6. The minimum absolute atomic E-state index is 0.0402. The molecule has 4 unspecified atom stereocenters. The molecule has 2 aliphatic heterocycles. The molecule has 6 rings (SSSR count). The lowest BCUT2D eigenvalue weighted by molar-refractivity contribution is -0.159. The van der Waals surface area contributed by atoms with Gasteiger partial charge in [0.15, 0.2) is 0 Å². The van der Waals surface area contributed by atoms with Gasteiger partial charge in [-0.25, -0.2) is 14.4 Å². The van der Waals surface area contributed by atoms with Crippen LogP contribution in [0.2, 0.25) is 0 Å². The van der Waals surface area contributed by atoms with E-state index in [4.69, 9.17) is 23.7 Å². The molecule has 1 amide bonds. The maximum absolute atomic E-state index is 13.6. The molecule has 0 saturated carbocycles. The van der Waals surface area contributed by atoms with E-state index in [9.17, 15) is 24.3 Å². The lowest BCUT2D eigenvalue weighted by Gasteiger charge is -2.31. The number of amides is 1. The number of benzene rings is 3. The fourth-order valence-corrected chi connectivity index (χ4v) is 6.10. The van der Waals surface area contributed by atoms with Gasteiger partial charge in [0.25, 0.3) is 0 Å². The van der Waals surface area contributed by atoms with Gasteiger partial charge in [-0.15, -0.1) is 0 Å². The number of rotatable bonds is 10. The number of hydrogen-bond donors (Lipinski definition) is 2. The van der Waals surface area contributed by atoms with Gasteiger partial charge >= 0.3 is 17.9 Å². The van der Waals surface area contributed by atoms with Crippen LogP contribution in [0, 0.1) is 5.41 Å². The molecular weight excluding hydrogens is 630 g/mol. The molecule has 11 nitrogen and oxygen atoms in total. The topological polar surface area (TPSA) is 147 Å². The number of nitrogens with one attached hydrogen (secondary N) is 1. The summed E-state index contributed by atoms with van der Waals surface area (Å²) in [6.45, 7) is 3.52. The Morgan fingerprint density at radius 1 is 0.939 bits per heavy atom. The van der Waals surface area contributed by atoms with E-state index in [-0.39, 0.29) is 31.7 Å². The second-order valence-electron chi connectivity index (χ2n) is 12.7. The van der Waals surface area contributed by atoms with E-state index >= 15 is 0 Å². The van der Waals surface area contributed by atoms with Crippen molar-refractivity contribution in [3.05, 3.63) is 125 Å². The van der Waals surface area contributed by atoms with Gasteiger partial charge < -0.3 is 34.1 Å². The molecule has 254 valence electrons. The summed E-state index contributed by atoms with van der Waals surface area (Å²) in [5, 5.41) is 11.9. The number of esters is 3. The van der Waals surface area contributed by atoms with Crippen LogP contribution in [0.15, 0.2) is 103 Å². The largest absolute Gasteiger partial charge is 0.462 e. The third-order valence-electron chi connectivity index (χ3n) is 8.61. The van der Waals surface area contributed by atoms with Crippen molar-refractivity contribution < 1.29 is 48.0 Å². The SMILES string of the molecule is CC1(C)COC(=O)C1OC(=O)C=Cc1cccc(C(=O)OC2CC(C(=O)NCCO)=CC3OC(c4ccccc4)(c4ccccc4)OC32)c1. The third kappa shape index (κ3) is 7.19. The van der Waals surface area contributed by atoms with E-state index in [0.29, 0.717) is 11.1 Å². The van der Waals surface area contributed by atoms with Gasteiger partial charge in [-0.1, -0.05) is 86.6 Å². The number of fused-ring (bicyclic) bond motifs is 1. The Hall–Kier alpha value is -5.10. The monoisotopic (exact) mass is 667 g/mol. The van der Waals surface area contributed by atoms with Crippen molar-refractivity contribution in [1.29, 1.82) is 0 Å². The molecule has 49 heavy (non-hydrogen) atoms. The van der Waals surface area contributed by atoms with E-state index in [1.165, 1.54) is 12.2 Å². The average Bonchev–Trinajstić information content (AvgIpc) is 3.64. The summed E-state index contributed by atoms with van der Waals surface area (Å²) in [5.74, 6) is -3.75. The summed E-state index contributed by atoms with van der Waals surface area (Å²) in [5.41, 5.74) is 1.85. The normalized spacial score (nSPS) is 23.7. The number of carbonyl (C=O) groups is 4. The second-order valence-corrected chi connectivity index (χ2v) is 12.7. The maximum atomic E-state index is 13.6. The molecule has 1 aliphatic carbocycles. The quantitative estimate of drug-likeness (QED) is 0.186. The van der Waals surface area contributed by atoms with Gasteiger partial charge in [0.2, 0.25) is 17.8 Å². The minimum atomic E-state index is -1.35. The lowest BCUT2D eigenvalue weighted by atomic mass is 9.90. The highest BCUT2D eigenvalue weighted by atomic mass is 16.8. The molecule has 0 aromatic heterocycles. The molecule has 0 bridgehead atoms. The minimum Gasteiger partial charge on any atom is -0.462 e. The molecule has 2 saturated heterocycles. The third-order valence-corrected chi connectivity index (χ3v) is 8.61. The van der Waals surface area contributed by atoms with Gasteiger partial charge in [0.1, 0.15) is 24.9 Å². The molecule has 2 fully saturated rings. The van der Waals surface area contributed by atoms with Crippen LogP contribution in [-0.4, -0.2) is 73.1 Å². The van der Waals surface area contributed by atoms with Crippen LogP contribution < -0.4 is 5.32 Å². The first kappa shape index (κ1) is 33.8.